The van der Waals surface area contributed by atoms with Crippen molar-refractivity contribution in [2.75, 3.05) is 4.90 Å². The second kappa shape index (κ2) is 12.2. The molecule has 228 valence electrons. The summed E-state index contributed by atoms with van der Waals surface area (Å²) >= 11 is 7.15. The Hall–Kier alpha value is -5.07. The zero-order valence-corrected chi connectivity index (χ0v) is 28.9. The van der Waals surface area contributed by atoms with Gasteiger partial charge in [0.1, 0.15) is 5.01 Å². The second-order valence-corrected chi connectivity index (χ2v) is 14.8. The molecule has 0 spiro atoms. The first-order valence-electron chi connectivity index (χ1n) is 15.8. The van der Waals surface area contributed by atoms with Crippen LogP contribution in [0.4, 0.5) is 17.1 Å². The molecular weight excluding hydrogens is 689 g/mol. The molecule has 7 aromatic carbocycles. The van der Waals surface area contributed by atoms with Crippen LogP contribution in [0.1, 0.15) is 0 Å². The van der Waals surface area contributed by atoms with Crippen molar-refractivity contribution in [3.63, 3.8) is 0 Å². The molecule has 5 heteroatoms. The highest BCUT2D eigenvalue weighted by Gasteiger charge is 2.15. The lowest BCUT2D eigenvalue weighted by Gasteiger charge is -2.25. The topological polar surface area (TPSA) is 16.1 Å². The average Bonchev–Trinajstić information content (AvgIpc) is 3.74. The van der Waals surface area contributed by atoms with Crippen LogP contribution in [-0.4, -0.2) is 4.98 Å². The molecule has 0 atom stereocenters. The maximum absolute atomic E-state index is 4.87. The number of anilines is 3. The van der Waals surface area contributed by atoms with Gasteiger partial charge in [0.15, 0.2) is 0 Å². The number of thiazole rings is 1. The van der Waals surface area contributed by atoms with E-state index in [1.165, 1.54) is 47.1 Å². The molecule has 0 fully saturated rings. The minimum absolute atomic E-state index is 1.04. The van der Waals surface area contributed by atoms with Gasteiger partial charge in [0.05, 0.1) is 10.2 Å². The van der Waals surface area contributed by atoms with Crippen LogP contribution in [0.2, 0.25) is 0 Å². The lowest BCUT2D eigenvalue weighted by atomic mass is 10.0. The highest BCUT2D eigenvalue weighted by Crippen LogP contribution is 2.40. The third-order valence-corrected chi connectivity index (χ3v) is 11.5. The van der Waals surface area contributed by atoms with Crippen molar-refractivity contribution >= 4 is 86.1 Å². The Kier molecular flexibility index (Phi) is 7.39. The number of halogens is 1. The highest BCUT2D eigenvalue weighted by molar-refractivity contribution is 9.10. The quantitative estimate of drug-likeness (QED) is 0.170. The Morgan fingerprint density at radius 1 is 0.417 bits per heavy atom. The second-order valence-electron chi connectivity index (χ2n) is 11.8. The molecule has 0 aliphatic heterocycles. The molecular formula is C43H27BrN2S2. The number of hydrogen-bond donors (Lipinski definition) is 0. The Balaban J connectivity index is 1.03. The molecule has 2 nitrogen and oxygen atoms in total. The average molecular weight is 716 g/mol. The number of benzene rings is 7. The lowest BCUT2D eigenvalue weighted by Crippen LogP contribution is -2.09. The summed E-state index contributed by atoms with van der Waals surface area (Å²) in [5.74, 6) is 0. The first kappa shape index (κ1) is 29.1. The van der Waals surface area contributed by atoms with Gasteiger partial charge in [-0.15, -0.1) is 22.7 Å². The largest absolute Gasteiger partial charge is 0.311 e. The fourth-order valence-corrected chi connectivity index (χ4v) is 8.77. The summed E-state index contributed by atoms with van der Waals surface area (Å²) in [4.78, 5) is 7.18. The molecule has 0 amide bonds. The predicted octanol–water partition coefficient (Wildman–Crippen LogP) is 13.9. The highest BCUT2D eigenvalue weighted by atomic mass is 79.9. The number of fused-ring (bicyclic) bond motifs is 4. The van der Waals surface area contributed by atoms with E-state index in [-0.39, 0.29) is 0 Å². The first-order valence-corrected chi connectivity index (χ1v) is 18.2. The van der Waals surface area contributed by atoms with Crippen LogP contribution in [0.3, 0.4) is 0 Å². The van der Waals surface area contributed by atoms with Gasteiger partial charge < -0.3 is 4.90 Å². The van der Waals surface area contributed by atoms with Gasteiger partial charge in [-0.2, -0.15) is 0 Å². The van der Waals surface area contributed by atoms with Gasteiger partial charge >= 0.3 is 0 Å². The van der Waals surface area contributed by atoms with Gasteiger partial charge in [0.25, 0.3) is 0 Å². The number of nitrogens with zero attached hydrogens (tertiary/aromatic N) is 2. The van der Waals surface area contributed by atoms with Crippen LogP contribution < -0.4 is 4.90 Å². The van der Waals surface area contributed by atoms with Crippen molar-refractivity contribution in [1.82, 2.24) is 4.98 Å². The molecule has 0 saturated heterocycles. The normalized spacial score (nSPS) is 11.4. The minimum Gasteiger partial charge on any atom is -0.311 e. The van der Waals surface area contributed by atoms with E-state index in [1.54, 1.807) is 11.3 Å². The Bertz CT molecular complexity index is 2520. The van der Waals surface area contributed by atoms with Crippen molar-refractivity contribution < 1.29 is 0 Å². The van der Waals surface area contributed by atoms with Crippen LogP contribution >= 0.6 is 38.6 Å². The van der Waals surface area contributed by atoms with E-state index < -0.39 is 0 Å². The standard InChI is InChI=1S/C43H27BrN2S2/c44-33-18-10-28(11-19-33)31-16-24-37-38-25-17-32(27-42(38)47-41(37)26-31)29-12-20-35(21-13-29)46(34-6-2-1-3-7-34)36-22-14-30(15-23-36)43-45-39-8-4-5-9-40(39)48-43/h1-27H. The van der Waals surface area contributed by atoms with E-state index in [4.69, 9.17) is 4.98 Å². The number of hydrogen-bond acceptors (Lipinski definition) is 4. The van der Waals surface area contributed by atoms with Gasteiger partial charge in [-0.05, 0) is 107 Å². The third-order valence-electron chi connectivity index (χ3n) is 8.79. The number of rotatable bonds is 6. The van der Waals surface area contributed by atoms with Gasteiger partial charge in [0.2, 0.25) is 0 Å². The maximum atomic E-state index is 4.87. The molecule has 9 rings (SSSR count). The zero-order valence-electron chi connectivity index (χ0n) is 25.7. The molecule has 0 bridgehead atoms. The Morgan fingerprint density at radius 3 is 1.52 bits per heavy atom. The molecule has 0 radical (unpaired) electrons. The Morgan fingerprint density at radius 2 is 0.917 bits per heavy atom. The van der Waals surface area contributed by atoms with E-state index in [2.05, 4.69) is 179 Å². The monoisotopic (exact) mass is 714 g/mol. The smallest absolute Gasteiger partial charge is 0.124 e. The van der Waals surface area contributed by atoms with Gasteiger partial charge in [-0.25, -0.2) is 4.98 Å². The molecule has 9 aromatic rings. The summed E-state index contributed by atoms with van der Waals surface area (Å²) in [6, 6.07) is 58.8. The zero-order chi connectivity index (χ0) is 32.0. The predicted molar refractivity (Wildman–Crippen MR) is 211 cm³/mol. The lowest BCUT2D eigenvalue weighted by molar-refractivity contribution is 1.28. The van der Waals surface area contributed by atoms with Crippen LogP contribution in [0.5, 0.6) is 0 Å². The van der Waals surface area contributed by atoms with Gasteiger partial charge in [0, 0.05) is 47.3 Å². The SMILES string of the molecule is Brc1ccc(-c2ccc3c(c2)sc2cc(-c4ccc(N(c5ccccc5)c5ccc(-c6nc7ccccc7s6)cc5)cc4)ccc23)cc1. The maximum Gasteiger partial charge on any atom is 0.124 e. The summed E-state index contributed by atoms with van der Waals surface area (Å²) in [6.45, 7) is 0. The van der Waals surface area contributed by atoms with E-state index >= 15 is 0 Å². The van der Waals surface area contributed by atoms with Gasteiger partial charge in [-0.3, -0.25) is 0 Å². The van der Waals surface area contributed by atoms with Crippen LogP contribution in [-0.2, 0) is 0 Å². The van der Waals surface area contributed by atoms with E-state index in [1.807, 2.05) is 17.4 Å². The number of thiophene rings is 1. The molecule has 2 heterocycles. The summed E-state index contributed by atoms with van der Waals surface area (Å²) in [6.07, 6.45) is 0. The van der Waals surface area contributed by atoms with Crippen molar-refractivity contribution in [3.05, 3.63) is 168 Å². The third kappa shape index (κ3) is 5.40. The fourth-order valence-electron chi connectivity index (χ4n) is 6.35. The molecule has 0 aliphatic carbocycles. The first-order chi connectivity index (χ1) is 23.7. The van der Waals surface area contributed by atoms with Crippen molar-refractivity contribution in [3.8, 4) is 32.8 Å². The van der Waals surface area contributed by atoms with Gasteiger partial charge in [-0.1, -0.05) is 94.8 Å². The summed E-state index contributed by atoms with van der Waals surface area (Å²) < 4.78 is 4.92. The summed E-state index contributed by atoms with van der Waals surface area (Å²) in [5, 5.41) is 3.66. The Labute approximate surface area is 295 Å². The van der Waals surface area contributed by atoms with Crippen LogP contribution in [0, 0.1) is 0 Å². The molecule has 0 saturated carbocycles. The molecule has 48 heavy (non-hydrogen) atoms. The van der Waals surface area contributed by atoms with Crippen molar-refractivity contribution in [1.29, 1.82) is 0 Å². The van der Waals surface area contributed by atoms with Crippen molar-refractivity contribution in [2.24, 2.45) is 0 Å². The molecule has 0 unspecified atom stereocenters. The van der Waals surface area contributed by atoms with E-state index in [9.17, 15) is 0 Å². The summed E-state index contributed by atoms with van der Waals surface area (Å²) in [5.41, 5.74) is 10.4. The minimum atomic E-state index is 1.04. The van der Waals surface area contributed by atoms with E-state index in [0.717, 1.165) is 37.6 Å². The van der Waals surface area contributed by atoms with E-state index in [0.29, 0.717) is 0 Å². The van der Waals surface area contributed by atoms with Crippen molar-refractivity contribution in [2.45, 2.75) is 0 Å². The van der Waals surface area contributed by atoms with Crippen LogP contribution in [0.25, 0.3) is 63.2 Å². The molecule has 0 N–H and O–H groups in total. The molecule has 0 aliphatic rings. The summed E-state index contributed by atoms with van der Waals surface area (Å²) in [7, 11) is 0. The fraction of sp³-hybridized carbons (Fsp3) is 0. The number of para-hydroxylation sites is 2. The van der Waals surface area contributed by atoms with Crippen LogP contribution in [0.15, 0.2) is 168 Å². The number of aromatic nitrogens is 1. The molecule has 2 aromatic heterocycles.